The highest BCUT2D eigenvalue weighted by Crippen LogP contribution is 2.22. The summed E-state index contributed by atoms with van der Waals surface area (Å²) in [5, 5.41) is 21.6. The average molecular weight is 376 g/mol. The molecule has 0 aliphatic carbocycles. The van der Waals surface area contributed by atoms with Gasteiger partial charge in [0.05, 0.1) is 14.2 Å². The van der Waals surface area contributed by atoms with Crippen LogP contribution in [0.2, 0.25) is 0 Å². The molecular weight excluding hydrogens is 360 g/mol. The van der Waals surface area contributed by atoms with E-state index >= 15 is 0 Å². The summed E-state index contributed by atoms with van der Waals surface area (Å²) >= 11 is 0. The molecule has 28 heavy (non-hydrogen) atoms. The Bertz CT molecular complexity index is 996. The van der Waals surface area contributed by atoms with Crippen molar-refractivity contribution in [3.63, 3.8) is 0 Å². The number of H-pyrrole nitrogens is 2. The summed E-state index contributed by atoms with van der Waals surface area (Å²) in [6.07, 6.45) is 0. The van der Waals surface area contributed by atoms with Gasteiger partial charge in [0.15, 0.2) is 11.6 Å². The Balaban J connectivity index is 1.47. The summed E-state index contributed by atoms with van der Waals surface area (Å²) in [5.41, 5.74) is 1.71. The van der Waals surface area contributed by atoms with Crippen LogP contribution in [-0.2, 0) is 0 Å². The predicted octanol–water partition coefficient (Wildman–Crippen LogP) is 3.69. The third-order valence-corrected chi connectivity index (χ3v) is 3.90. The van der Waals surface area contributed by atoms with Crippen LogP contribution < -0.4 is 9.47 Å². The van der Waals surface area contributed by atoms with Crippen molar-refractivity contribution in [2.75, 3.05) is 14.2 Å². The zero-order chi connectivity index (χ0) is 19.3. The maximum Gasteiger partial charge on any atom is 0.287 e. The number of nitrogens with zero attached hydrogens (tertiary/aromatic N) is 6. The first kappa shape index (κ1) is 17.3. The van der Waals surface area contributed by atoms with Gasteiger partial charge >= 0.3 is 0 Å². The number of aromatic amines is 2. The Kier molecular flexibility index (Phi) is 4.74. The molecule has 0 amide bonds. The standard InChI is InChI=1S/C18H16N8O2/c1-27-13-7-3-11(4-8-13)15-19-17(23-21-15)25-26-18-20-16(22-24-18)12-5-9-14(28-2)10-6-12/h3-10H,1-2H3,(H,19,21,23)(H,20,22,24). The lowest BCUT2D eigenvalue weighted by Crippen LogP contribution is -1.84. The zero-order valence-corrected chi connectivity index (χ0v) is 15.1. The van der Waals surface area contributed by atoms with E-state index < -0.39 is 0 Å². The molecule has 0 atom stereocenters. The second-order valence-corrected chi connectivity index (χ2v) is 5.63. The van der Waals surface area contributed by atoms with Gasteiger partial charge in [-0.05, 0) is 48.5 Å². The van der Waals surface area contributed by atoms with Crippen LogP contribution in [0.15, 0.2) is 58.8 Å². The third-order valence-electron chi connectivity index (χ3n) is 3.90. The van der Waals surface area contributed by atoms with Gasteiger partial charge in [0.2, 0.25) is 0 Å². The molecule has 0 bridgehead atoms. The second-order valence-electron chi connectivity index (χ2n) is 5.63. The largest absolute Gasteiger partial charge is 0.497 e. The van der Waals surface area contributed by atoms with Crippen molar-refractivity contribution in [2.24, 2.45) is 10.2 Å². The number of aromatic nitrogens is 6. The van der Waals surface area contributed by atoms with E-state index in [1.807, 2.05) is 48.5 Å². The van der Waals surface area contributed by atoms with Crippen LogP contribution in [0.3, 0.4) is 0 Å². The first-order chi connectivity index (χ1) is 13.7. The molecule has 2 aromatic heterocycles. The van der Waals surface area contributed by atoms with Gasteiger partial charge in [0, 0.05) is 11.1 Å². The molecule has 0 aliphatic heterocycles. The van der Waals surface area contributed by atoms with E-state index in [2.05, 4.69) is 40.6 Å². The molecule has 4 aromatic rings. The summed E-state index contributed by atoms with van der Waals surface area (Å²) in [7, 11) is 3.23. The molecule has 140 valence electrons. The molecule has 0 radical (unpaired) electrons. The van der Waals surface area contributed by atoms with Crippen molar-refractivity contribution in [2.45, 2.75) is 0 Å². The molecular formula is C18H16N8O2. The molecule has 0 fully saturated rings. The number of hydrogen-bond acceptors (Lipinski definition) is 8. The summed E-state index contributed by atoms with van der Waals surface area (Å²) in [5.74, 6) is 3.04. The highest BCUT2D eigenvalue weighted by Gasteiger charge is 2.08. The van der Waals surface area contributed by atoms with E-state index in [0.717, 1.165) is 22.6 Å². The Hall–Kier alpha value is -4.08. The lowest BCUT2D eigenvalue weighted by molar-refractivity contribution is 0.414. The lowest BCUT2D eigenvalue weighted by Gasteiger charge is -1.99. The molecule has 10 nitrogen and oxygen atoms in total. The minimum absolute atomic E-state index is 0.182. The minimum atomic E-state index is 0.182. The molecule has 0 saturated carbocycles. The Morgan fingerprint density at radius 1 is 0.643 bits per heavy atom. The molecule has 4 rings (SSSR count). The van der Waals surface area contributed by atoms with Crippen molar-refractivity contribution in [3.8, 4) is 34.3 Å². The lowest BCUT2D eigenvalue weighted by atomic mass is 10.2. The summed E-state index contributed by atoms with van der Waals surface area (Å²) in [6.45, 7) is 0. The Labute approximate surface area is 159 Å². The maximum atomic E-state index is 5.14. The Morgan fingerprint density at radius 3 is 1.39 bits per heavy atom. The van der Waals surface area contributed by atoms with E-state index in [4.69, 9.17) is 9.47 Å². The average Bonchev–Trinajstić information content (AvgIpc) is 3.42. The maximum absolute atomic E-state index is 5.14. The van der Waals surface area contributed by atoms with E-state index in [1.165, 1.54) is 0 Å². The number of rotatable bonds is 6. The molecule has 0 aliphatic rings. The number of nitrogens with one attached hydrogen (secondary N) is 2. The number of azo groups is 1. The summed E-state index contributed by atoms with van der Waals surface area (Å²) in [4.78, 5) is 8.58. The van der Waals surface area contributed by atoms with E-state index in [1.54, 1.807) is 14.2 Å². The summed E-state index contributed by atoms with van der Waals surface area (Å²) < 4.78 is 10.3. The number of methoxy groups -OCH3 is 2. The van der Waals surface area contributed by atoms with Crippen LogP contribution in [-0.4, -0.2) is 44.6 Å². The van der Waals surface area contributed by atoms with E-state index in [-0.39, 0.29) is 11.9 Å². The first-order valence-corrected chi connectivity index (χ1v) is 8.30. The highest BCUT2D eigenvalue weighted by molar-refractivity contribution is 5.57. The number of ether oxygens (including phenoxy) is 2. The molecule has 10 heteroatoms. The van der Waals surface area contributed by atoms with Crippen molar-refractivity contribution in [1.82, 2.24) is 30.4 Å². The fourth-order valence-corrected chi connectivity index (χ4v) is 2.44. The van der Waals surface area contributed by atoms with Gasteiger partial charge in [-0.25, -0.2) is 0 Å². The molecule has 2 N–H and O–H groups in total. The molecule has 2 aromatic carbocycles. The molecule has 2 heterocycles. The van der Waals surface area contributed by atoms with Crippen LogP contribution in [0.4, 0.5) is 11.9 Å². The van der Waals surface area contributed by atoms with E-state index in [9.17, 15) is 0 Å². The van der Waals surface area contributed by atoms with Gasteiger partial charge in [-0.1, -0.05) is 0 Å². The number of benzene rings is 2. The SMILES string of the molecule is COc1ccc(-c2nc(N=Nc3n[nH]c(-c4ccc(OC)cc4)n3)n[nH]2)cc1. The van der Waals surface area contributed by atoms with Gasteiger partial charge in [0.1, 0.15) is 11.5 Å². The first-order valence-electron chi connectivity index (χ1n) is 8.30. The second kappa shape index (κ2) is 7.66. The minimum Gasteiger partial charge on any atom is -0.497 e. The topological polar surface area (TPSA) is 126 Å². The van der Waals surface area contributed by atoms with Crippen LogP contribution in [0, 0.1) is 0 Å². The Morgan fingerprint density at radius 2 is 1.04 bits per heavy atom. The van der Waals surface area contributed by atoms with Crippen LogP contribution in [0.1, 0.15) is 0 Å². The van der Waals surface area contributed by atoms with Crippen molar-refractivity contribution in [1.29, 1.82) is 0 Å². The molecule has 0 unspecified atom stereocenters. The number of hydrogen-bond donors (Lipinski definition) is 2. The summed E-state index contributed by atoms with van der Waals surface area (Å²) in [6, 6.07) is 14.8. The van der Waals surface area contributed by atoms with Gasteiger partial charge < -0.3 is 9.47 Å². The van der Waals surface area contributed by atoms with Gasteiger partial charge in [-0.15, -0.1) is 20.4 Å². The van der Waals surface area contributed by atoms with Crippen molar-refractivity contribution in [3.05, 3.63) is 48.5 Å². The van der Waals surface area contributed by atoms with Gasteiger partial charge in [0.25, 0.3) is 11.9 Å². The van der Waals surface area contributed by atoms with Crippen molar-refractivity contribution >= 4 is 11.9 Å². The molecule has 0 spiro atoms. The van der Waals surface area contributed by atoms with Crippen LogP contribution >= 0.6 is 0 Å². The van der Waals surface area contributed by atoms with Gasteiger partial charge in [-0.3, -0.25) is 10.2 Å². The third kappa shape index (κ3) is 3.70. The van der Waals surface area contributed by atoms with Crippen LogP contribution in [0.5, 0.6) is 11.5 Å². The quantitative estimate of drug-likeness (QED) is 0.494. The highest BCUT2D eigenvalue weighted by atomic mass is 16.5. The molecule has 0 saturated heterocycles. The van der Waals surface area contributed by atoms with E-state index in [0.29, 0.717) is 11.6 Å². The van der Waals surface area contributed by atoms with Crippen molar-refractivity contribution < 1.29 is 9.47 Å². The fourth-order valence-electron chi connectivity index (χ4n) is 2.44. The zero-order valence-electron chi connectivity index (χ0n) is 15.1. The van der Waals surface area contributed by atoms with Crippen LogP contribution in [0.25, 0.3) is 22.8 Å². The van der Waals surface area contributed by atoms with Gasteiger partial charge in [-0.2, -0.15) is 9.97 Å². The smallest absolute Gasteiger partial charge is 0.287 e. The monoisotopic (exact) mass is 376 g/mol. The fraction of sp³-hybridized carbons (Fsp3) is 0.111. The predicted molar refractivity (Wildman–Crippen MR) is 101 cm³/mol. The normalized spacial score (nSPS) is 11.1.